The molecule has 23 heteroatoms. The van der Waals surface area contributed by atoms with E-state index in [9.17, 15) is 92.2 Å². The molecule has 0 amide bonds. The van der Waals surface area contributed by atoms with Gasteiger partial charge in [0, 0.05) is 24.5 Å². The van der Waals surface area contributed by atoms with Crippen LogP contribution < -0.4 is 0 Å². The third-order valence-electron chi connectivity index (χ3n) is 12.7. The van der Waals surface area contributed by atoms with Gasteiger partial charge in [0.1, 0.15) is 40.6 Å². The summed E-state index contributed by atoms with van der Waals surface area (Å²) in [5.74, 6) is -4.59. The molecule has 9 rings (SSSR count). The number of pyridine rings is 2. The lowest BCUT2D eigenvalue weighted by Crippen LogP contribution is -2.08. The van der Waals surface area contributed by atoms with E-state index in [1.165, 1.54) is 97.3 Å². The molecule has 2 heterocycles. The molecule has 0 bridgehead atoms. The predicted octanol–water partition coefficient (Wildman–Crippen LogP) is 23.9. The van der Waals surface area contributed by atoms with Crippen molar-refractivity contribution in [1.29, 1.82) is 0 Å². The van der Waals surface area contributed by atoms with E-state index in [2.05, 4.69) is 9.97 Å². The van der Waals surface area contributed by atoms with Crippen molar-refractivity contribution in [2.24, 2.45) is 0 Å². The Hall–Kier alpha value is -8.63. The first-order valence-electron chi connectivity index (χ1n) is 29.2. The Kier molecular flexibility index (Phi) is 37.3. The summed E-state index contributed by atoms with van der Waals surface area (Å²) in [4.78, 5) is 6.64. The fraction of sp³-hybridized carbons (Fsp3) is 0.278. The van der Waals surface area contributed by atoms with Crippen LogP contribution in [-0.2, 0) is 69.7 Å². The van der Waals surface area contributed by atoms with Gasteiger partial charge in [0.2, 0.25) is 5.95 Å². The third-order valence-corrected chi connectivity index (χ3v) is 12.7. The second kappa shape index (κ2) is 41.9. The van der Waals surface area contributed by atoms with Crippen LogP contribution in [0.25, 0.3) is 0 Å². The number of alkyl halides is 12. The third kappa shape index (κ3) is 33.9. The molecule has 0 fully saturated rings. The van der Waals surface area contributed by atoms with E-state index in [0.717, 1.165) is 83.8 Å². The summed E-state index contributed by atoms with van der Waals surface area (Å²) >= 11 is 0. The first-order chi connectivity index (χ1) is 44.4. The van der Waals surface area contributed by atoms with Gasteiger partial charge in [-0.15, -0.1) is 0 Å². The second-order valence-corrected chi connectivity index (χ2v) is 19.9. The summed E-state index contributed by atoms with van der Waals surface area (Å²) in [5, 5.41) is 0. The number of hydrogen-bond donors (Lipinski definition) is 0. The highest BCUT2D eigenvalue weighted by molar-refractivity contribution is 5.30. The minimum Gasteiger partial charge on any atom is -0.252 e. The van der Waals surface area contributed by atoms with Crippen LogP contribution in [0.2, 0.25) is 0 Å². The molecule has 0 saturated heterocycles. The average molecular weight is 1360 g/mol. The average Bonchev–Trinajstić information content (AvgIpc) is 0.964. The molecule has 0 unspecified atom stereocenters. The van der Waals surface area contributed by atoms with Crippen LogP contribution in [0.5, 0.6) is 0 Å². The molecular formula is C72H71F21N2. The maximum Gasteiger partial charge on any atom is 0.433 e. The zero-order valence-electron chi connectivity index (χ0n) is 53.1. The Balaban J connectivity index is 0.000000535. The molecule has 0 N–H and O–H groups in total. The standard InChI is InChI=1S/3C9H9F3.4C8H8F2.C7H6F3N.C6H6FN/c1-2-7-3-5-8(6-4-7)9(10,11)12;1-2-7-4-3-5-8(6-7)9(10,11)12;1-2-7-5-3-4-6-8(7)9(10,11)12;1-2-6-3-7(9)5-8(10)4-6;1-2-6-5-7(9)3-4-8(6)10;1-2-6-3-4-7(9)5-8(6)10;1-2-6-4-3-5-7(9)8(6)10;1-5-2-3-6(11-4-5)7(8,9)10;1-5-2-3-6(7)8-4-5/h3*3-6H,2H2,1H3;4*3-5H,2H2,1H3;2-4H,1H3;2-4H,1H3. The number of halogens is 21. The molecule has 95 heavy (non-hydrogen) atoms. The molecule has 7 aromatic carbocycles. The van der Waals surface area contributed by atoms with Crippen molar-refractivity contribution in [3.05, 3.63) is 307 Å². The zero-order chi connectivity index (χ0) is 72.3. The van der Waals surface area contributed by atoms with Gasteiger partial charge >= 0.3 is 24.7 Å². The van der Waals surface area contributed by atoms with Crippen LogP contribution in [0, 0.1) is 66.3 Å². The smallest absolute Gasteiger partial charge is 0.252 e. The summed E-state index contributed by atoms with van der Waals surface area (Å²) < 4.78 is 256. The van der Waals surface area contributed by atoms with Gasteiger partial charge in [-0.25, -0.2) is 40.1 Å². The van der Waals surface area contributed by atoms with Crippen LogP contribution in [0.15, 0.2) is 182 Å². The van der Waals surface area contributed by atoms with Crippen LogP contribution in [-0.4, -0.2) is 9.97 Å². The molecule has 0 radical (unpaired) electrons. The minimum atomic E-state index is -4.33. The lowest BCUT2D eigenvalue weighted by molar-refractivity contribution is -0.141. The first kappa shape index (κ1) is 84.4. The molecule has 2 aromatic heterocycles. The van der Waals surface area contributed by atoms with E-state index in [-0.39, 0.29) is 11.6 Å². The number of rotatable bonds is 7. The van der Waals surface area contributed by atoms with Crippen molar-refractivity contribution < 1.29 is 92.2 Å². The van der Waals surface area contributed by atoms with Crippen molar-refractivity contribution in [3.8, 4) is 0 Å². The maximum absolute atomic E-state index is 12.6. The van der Waals surface area contributed by atoms with Crippen LogP contribution >= 0.6 is 0 Å². The van der Waals surface area contributed by atoms with Gasteiger partial charge in [-0.1, -0.05) is 127 Å². The van der Waals surface area contributed by atoms with Gasteiger partial charge in [0.15, 0.2) is 11.6 Å². The summed E-state index contributed by atoms with van der Waals surface area (Å²) in [7, 11) is 0. The van der Waals surface area contributed by atoms with E-state index in [0.29, 0.717) is 71.9 Å². The summed E-state index contributed by atoms with van der Waals surface area (Å²) in [6.45, 7) is 16.3. The molecule has 0 aliphatic heterocycles. The number of benzene rings is 7. The fourth-order valence-electron chi connectivity index (χ4n) is 7.35. The van der Waals surface area contributed by atoms with Crippen LogP contribution in [0.4, 0.5) is 92.2 Å². The Morgan fingerprint density at radius 1 is 0.295 bits per heavy atom. The Labute approximate surface area is 539 Å². The number of aryl methyl sites for hydroxylation is 9. The normalized spacial score (nSPS) is 10.7. The molecular weight excluding hydrogens is 1290 g/mol. The van der Waals surface area contributed by atoms with Gasteiger partial charge in [-0.3, -0.25) is 4.98 Å². The van der Waals surface area contributed by atoms with Crippen molar-refractivity contribution in [3.63, 3.8) is 0 Å². The molecule has 0 saturated carbocycles. The highest BCUT2D eigenvalue weighted by Crippen LogP contribution is 2.33. The maximum atomic E-state index is 12.6. The Morgan fingerprint density at radius 2 is 0.789 bits per heavy atom. The molecule has 2 nitrogen and oxygen atoms in total. The highest BCUT2D eigenvalue weighted by Gasteiger charge is 2.33. The van der Waals surface area contributed by atoms with Crippen LogP contribution in [0.1, 0.15) is 121 Å². The highest BCUT2D eigenvalue weighted by atomic mass is 19.4. The summed E-state index contributed by atoms with van der Waals surface area (Å²) in [6, 6.07) is 36.5. The molecule has 9 aromatic rings. The van der Waals surface area contributed by atoms with Gasteiger partial charge in [0.25, 0.3) is 0 Å². The molecule has 516 valence electrons. The Morgan fingerprint density at radius 3 is 1.21 bits per heavy atom. The number of hydrogen-bond acceptors (Lipinski definition) is 2. The predicted molar refractivity (Wildman–Crippen MR) is 328 cm³/mol. The molecule has 0 aliphatic carbocycles. The van der Waals surface area contributed by atoms with Gasteiger partial charge in [-0.2, -0.15) is 57.1 Å². The van der Waals surface area contributed by atoms with Crippen molar-refractivity contribution in [2.45, 2.75) is 132 Å². The Bertz CT molecular complexity index is 3570. The molecule has 0 aliphatic rings. The van der Waals surface area contributed by atoms with E-state index >= 15 is 0 Å². The van der Waals surface area contributed by atoms with Crippen molar-refractivity contribution >= 4 is 0 Å². The van der Waals surface area contributed by atoms with E-state index in [4.69, 9.17) is 0 Å². The van der Waals surface area contributed by atoms with Gasteiger partial charge < -0.3 is 0 Å². The second-order valence-electron chi connectivity index (χ2n) is 19.9. The van der Waals surface area contributed by atoms with Gasteiger partial charge in [0.05, 0.1) is 16.7 Å². The van der Waals surface area contributed by atoms with Crippen molar-refractivity contribution in [1.82, 2.24) is 9.97 Å². The number of nitrogens with zero attached hydrogens (tertiary/aromatic N) is 2. The summed E-state index contributed by atoms with van der Waals surface area (Å²) in [6.07, 6.45) is -10.2. The minimum absolute atomic E-state index is 0.330. The van der Waals surface area contributed by atoms with E-state index < -0.39 is 87.9 Å². The summed E-state index contributed by atoms with van der Waals surface area (Å²) in [5.41, 5.74) is 3.28. The lowest BCUT2D eigenvalue weighted by Gasteiger charge is -2.10. The van der Waals surface area contributed by atoms with Crippen LogP contribution in [0.3, 0.4) is 0 Å². The fourth-order valence-corrected chi connectivity index (χ4v) is 7.35. The van der Waals surface area contributed by atoms with Gasteiger partial charge in [-0.05, 0) is 188 Å². The topological polar surface area (TPSA) is 25.8 Å². The lowest BCUT2D eigenvalue weighted by atomic mass is 10.1. The largest absolute Gasteiger partial charge is 0.433 e. The van der Waals surface area contributed by atoms with E-state index in [1.807, 2.05) is 34.6 Å². The monoisotopic (exact) mass is 1360 g/mol. The van der Waals surface area contributed by atoms with Crippen molar-refractivity contribution in [2.75, 3.05) is 0 Å². The quantitative estimate of drug-likeness (QED) is 0.117. The number of aromatic nitrogens is 2. The molecule has 0 atom stereocenters. The SMILES string of the molecule is CCc1cc(F)cc(F)c1.CCc1cc(F)ccc1F.CCc1ccc(C(F)(F)F)cc1.CCc1ccc(F)cc1F.CCc1cccc(C(F)(F)F)c1.CCc1cccc(F)c1F.CCc1ccccc1C(F)(F)F.Cc1ccc(C(F)(F)F)nc1.Cc1ccc(F)nc1. The molecule has 0 spiro atoms. The first-order valence-corrected chi connectivity index (χ1v) is 29.2. The zero-order valence-corrected chi connectivity index (χ0v) is 53.1. The van der Waals surface area contributed by atoms with E-state index in [1.54, 1.807) is 52.0 Å².